The summed E-state index contributed by atoms with van der Waals surface area (Å²) in [5.41, 5.74) is -5.93. The summed E-state index contributed by atoms with van der Waals surface area (Å²) in [5.74, 6) is 0. The van der Waals surface area contributed by atoms with Gasteiger partial charge in [-0.15, -0.1) is 0 Å². The molecule has 1 aliphatic heterocycles. The van der Waals surface area contributed by atoms with E-state index in [1.54, 1.807) is 0 Å². The summed E-state index contributed by atoms with van der Waals surface area (Å²) in [6, 6.07) is 2.61. The van der Waals surface area contributed by atoms with Crippen LogP contribution < -0.4 is 10.6 Å². The van der Waals surface area contributed by atoms with Crippen LogP contribution in [-0.4, -0.2) is 19.5 Å². The highest BCUT2D eigenvalue weighted by Gasteiger charge is 2.37. The predicted octanol–water partition coefficient (Wildman–Crippen LogP) is 6.03. The van der Waals surface area contributed by atoms with E-state index >= 15 is 0 Å². The van der Waals surface area contributed by atoms with E-state index in [2.05, 4.69) is 10.6 Å². The number of benzene rings is 2. The van der Waals surface area contributed by atoms with Crippen molar-refractivity contribution in [1.82, 2.24) is 10.6 Å². The van der Waals surface area contributed by atoms with Crippen LogP contribution in [0.3, 0.4) is 0 Å². The molecule has 0 atom stereocenters. The Balaban J connectivity index is 0.000000678. The summed E-state index contributed by atoms with van der Waals surface area (Å²) >= 11 is 0. The molecule has 0 radical (unpaired) electrons. The summed E-state index contributed by atoms with van der Waals surface area (Å²) in [5, 5.41) is 5.31. The molecule has 1 heterocycles. The Morgan fingerprint density at radius 3 is 1.48 bits per heavy atom. The van der Waals surface area contributed by atoms with E-state index in [4.69, 9.17) is 0 Å². The third-order valence-corrected chi connectivity index (χ3v) is 4.59. The summed E-state index contributed by atoms with van der Waals surface area (Å²) in [4.78, 5) is 10.3. The number of nitrogens with one attached hydrogen (secondary N) is 2. The lowest BCUT2D eigenvalue weighted by Gasteiger charge is -2.16. The standard InChI is InChI=1S/C17H10F9NO.C4H9N/c18-15(19,20)12-2-9(7-27-8-28)1-10(3-12)11-4-13(16(21,22)23)6-14(5-11)17(24,25)26;1-2-4-5-3-1/h1-6,8H,7H2,(H,27,28);5H,1-4H2. The highest BCUT2D eigenvalue weighted by molar-refractivity contribution is 5.68. The van der Waals surface area contributed by atoms with Crippen LogP contribution in [0.15, 0.2) is 36.4 Å². The zero-order chi connectivity index (χ0) is 24.9. The molecule has 3 rings (SSSR count). The maximum Gasteiger partial charge on any atom is 0.416 e. The SMILES string of the molecule is C1CCNC1.O=CNCc1cc(-c2cc(C(F)(F)F)cc(C(F)(F)F)c2)cc(C(F)(F)F)c1. The maximum absolute atomic E-state index is 13.1. The van der Waals surface area contributed by atoms with Crippen molar-refractivity contribution < 1.29 is 44.3 Å². The molecule has 3 nitrogen and oxygen atoms in total. The molecule has 2 aromatic rings. The van der Waals surface area contributed by atoms with Gasteiger partial charge >= 0.3 is 18.5 Å². The third-order valence-electron chi connectivity index (χ3n) is 4.59. The number of amides is 1. The molecule has 2 aromatic carbocycles. The molecule has 182 valence electrons. The van der Waals surface area contributed by atoms with Crippen LogP contribution in [0.25, 0.3) is 11.1 Å². The minimum Gasteiger partial charge on any atom is -0.355 e. The van der Waals surface area contributed by atoms with Gasteiger partial charge in [-0.25, -0.2) is 0 Å². The first-order valence-corrected chi connectivity index (χ1v) is 9.60. The van der Waals surface area contributed by atoms with E-state index in [9.17, 15) is 44.3 Å². The van der Waals surface area contributed by atoms with Gasteiger partial charge in [0.25, 0.3) is 0 Å². The molecule has 1 fully saturated rings. The molecule has 2 N–H and O–H groups in total. The van der Waals surface area contributed by atoms with E-state index in [1.807, 2.05) is 0 Å². The summed E-state index contributed by atoms with van der Waals surface area (Å²) in [6.45, 7) is 2.10. The average Bonchev–Trinajstić information content (AvgIpc) is 3.30. The van der Waals surface area contributed by atoms with Crippen LogP contribution in [0.1, 0.15) is 35.1 Å². The lowest BCUT2D eigenvalue weighted by atomic mass is 9.95. The molecule has 0 spiro atoms. The van der Waals surface area contributed by atoms with Crippen LogP contribution in [0.5, 0.6) is 0 Å². The maximum atomic E-state index is 13.1. The van der Waals surface area contributed by atoms with Crippen molar-refractivity contribution in [2.45, 2.75) is 37.9 Å². The van der Waals surface area contributed by atoms with Crippen molar-refractivity contribution >= 4 is 6.41 Å². The Morgan fingerprint density at radius 2 is 1.12 bits per heavy atom. The lowest BCUT2D eigenvalue weighted by Crippen LogP contribution is -2.13. The molecule has 0 bridgehead atoms. The Hall–Kier alpha value is -2.76. The van der Waals surface area contributed by atoms with Gasteiger partial charge < -0.3 is 10.6 Å². The highest BCUT2D eigenvalue weighted by Crippen LogP contribution is 2.40. The number of halogens is 9. The van der Waals surface area contributed by atoms with Gasteiger partial charge in [-0.1, -0.05) is 0 Å². The van der Waals surface area contributed by atoms with Gasteiger partial charge in [0.1, 0.15) is 0 Å². The molecule has 1 amide bonds. The van der Waals surface area contributed by atoms with Gasteiger partial charge in [-0.3, -0.25) is 4.79 Å². The second-order valence-corrected chi connectivity index (χ2v) is 7.17. The van der Waals surface area contributed by atoms with Crippen molar-refractivity contribution in [3.8, 4) is 11.1 Å². The van der Waals surface area contributed by atoms with E-state index in [0.29, 0.717) is 24.3 Å². The zero-order valence-electron chi connectivity index (χ0n) is 16.9. The first kappa shape index (κ1) is 26.5. The van der Waals surface area contributed by atoms with E-state index < -0.39 is 52.9 Å². The third kappa shape index (κ3) is 7.95. The average molecular weight is 486 g/mol. The van der Waals surface area contributed by atoms with Gasteiger partial charge in [0.05, 0.1) is 16.7 Å². The van der Waals surface area contributed by atoms with Crippen molar-refractivity contribution in [2.75, 3.05) is 13.1 Å². The van der Waals surface area contributed by atoms with E-state index in [0.717, 1.165) is 6.07 Å². The molecule has 12 heteroatoms. The summed E-state index contributed by atoms with van der Waals surface area (Å²) < 4.78 is 117. The number of hydrogen-bond acceptors (Lipinski definition) is 2. The number of alkyl halides is 9. The van der Waals surface area contributed by atoms with Crippen LogP contribution in [0.4, 0.5) is 39.5 Å². The Morgan fingerprint density at radius 1 is 0.697 bits per heavy atom. The van der Waals surface area contributed by atoms with Gasteiger partial charge in [-0.05, 0) is 79.0 Å². The Kier molecular flexibility index (Phi) is 8.39. The second-order valence-electron chi connectivity index (χ2n) is 7.17. The van der Waals surface area contributed by atoms with Gasteiger partial charge in [0.2, 0.25) is 6.41 Å². The fourth-order valence-corrected chi connectivity index (χ4v) is 3.03. The first-order valence-electron chi connectivity index (χ1n) is 9.60. The summed E-state index contributed by atoms with van der Waals surface area (Å²) in [7, 11) is 0. The monoisotopic (exact) mass is 486 g/mol. The molecular weight excluding hydrogens is 467 g/mol. The van der Waals surface area contributed by atoms with Crippen molar-refractivity contribution in [3.05, 3.63) is 58.7 Å². The minimum atomic E-state index is -5.14. The molecule has 1 saturated heterocycles. The Labute approximate surface area is 183 Å². The summed E-state index contributed by atoms with van der Waals surface area (Å²) in [6.07, 6.45) is -12.2. The zero-order valence-corrected chi connectivity index (χ0v) is 16.9. The molecule has 0 saturated carbocycles. The normalized spacial score (nSPS) is 14.5. The molecule has 0 aliphatic carbocycles. The van der Waals surface area contributed by atoms with E-state index in [-0.39, 0.29) is 18.0 Å². The van der Waals surface area contributed by atoms with Gasteiger partial charge in [0, 0.05) is 6.54 Å². The van der Waals surface area contributed by atoms with Crippen molar-refractivity contribution in [1.29, 1.82) is 0 Å². The van der Waals surface area contributed by atoms with Crippen molar-refractivity contribution in [3.63, 3.8) is 0 Å². The van der Waals surface area contributed by atoms with Crippen LogP contribution in [0, 0.1) is 0 Å². The molecule has 1 aliphatic rings. The van der Waals surface area contributed by atoms with Gasteiger partial charge in [-0.2, -0.15) is 39.5 Å². The first-order chi connectivity index (χ1) is 15.2. The molecule has 0 aromatic heterocycles. The molecule has 33 heavy (non-hydrogen) atoms. The van der Waals surface area contributed by atoms with Crippen LogP contribution in [-0.2, 0) is 29.9 Å². The van der Waals surface area contributed by atoms with E-state index in [1.165, 1.54) is 25.9 Å². The number of hydrogen-bond donors (Lipinski definition) is 2. The fraction of sp³-hybridized carbons (Fsp3) is 0.381. The fourth-order valence-electron chi connectivity index (χ4n) is 3.03. The smallest absolute Gasteiger partial charge is 0.355 e. The number of carbonyl (C=O) groups is 1. The predicted molar refractivity (Wildman–Crippen MR) is 102 cm³/mol. The van der Waals surface area contributed by atoms with Crippen LogP contribution in [0.2, 0.25) is 0 Å². The second kappa shape index (κ2) is 10.4. The Bertz CT molecular complexity index is 906. The molecular formula is C21H19F9N2O. The van der Waals surface area contributed by atoms with Crippen LogP contribution >= 0.6 is 0 Å². The largest absolute Gasteiger partial charge is 0.416 e. The molecule has 0 unspecified atom stereocenters. The lowest BCUT2D eigenvalue weighted by molar-refractivity contribution is -0.143. The minimum absolute atomic E-state index is 0.119. The number of carbonyl (C=O) groups excluding carboxylic acids is 1. The number of rotatable bonds is 4. The van der Waals surface area contributed by atoms with Crippen molar-refractivity contribution in [2.24, 2.45) is 0 Å². The quantitative estimate of drug-likeness (QED) is 0.410. The highest BCUT2D eigenvalue weighted by atomic mass is 19.4. The van der Waals surface area contributed by atoms with Gasteiger partial charge in [0.15, 0.2) is 0 Å². The topological polar surface area (TPSA) is 41.1 Å².